The molecule has 0 saturated carbocycles. The topological polar surface area (TPSA) is 29.9 Å². The molecular formula is C12H21N3. The molecule has 1 unspecified atom stereocenters. The molecule has 0 aliphatic carbocycles. The maximum absolute atomic E-state index is 4.41. The van der Waals surface area contributed by atoms with Crippen molar-refractivity contribution in [3.63, 3.8) is 0 Å². The van der Waals surface area contributed by atoms with Crippen molar-refractivity contribution in [3.8, 4) is 0 Å². The van der Waals surface area contributed by atoms with Crippen LogP contribution in [0.1, 0.15) is 32.0 Å². The van der Waals surface area contributed by atoms with E-state index in [1.807, 2.05) is 6.20 Å². The highest BCUT2D eigenvalue weighted by Gasteiger charge is 2.13. The molecule has 1 aliphatic heterocycles. The Balaban J connectivity index is 1.81. The van der Waals surface area contributed by atoms with Crippen molar-refractivity contribution >= 4 is 0 Å². The maximum atomic E-state index is 4.41. The van der Waals surface area contributed by atoms with Gasteiger partial charge in [0, 0.05) is 25.4 Å². The number of imidazole rings is 1. The van der Waals surface area contributed by atoms with Crippen LogP contribution in [0.15, 0.2) is 12.4 Å². The van der Waals surface area contributed by atoms with Gasteiger partial charge in [0.15, 0.2) is 0 Å². The molecular weight excluding hydrogens is 186 g/mol. The van der Waals surface area contributed by atoms with Crippen LogP contribution in [-0.2, 0) is 13.0 Å². The van der Waals surface area contributed by atoms with Crippen LogP contribution in [0.2, 0.25) is 0 Å². The zero-order valence-corrected chi connectivity index (χ0v) is 9.58. The minimum Gasteiger partial charge on any atom is -0.335 e. The SMILES string of the molecule is CCn1ccnc1CCC1CCCNC1. The number of piperidine rings is 1. The summed E-state index contributed by atoms with van der Waals surface area (Å²) in [6, 6.07) is 0. The highest BCUT2D eigenvalue weighted by molar-refractivity contribution is 4.92. The highest BCUT2D eigenvalue weighted by Crippen LogP contribution is 2.16. The predicted molar refractivity (Wildman–Crippen MR) is 61.8 cm³/mol. The molecule has 2 rings (SSSR count). The van der Waals surface area contributed by atoms with Crippen molar-refractivity contribution in [1.29, 1.82) is 0 Å². The Hall–Kier alpha value is -0.830. The largest absolute Gasteiger partial charge is 0.335 e. The fourth-order valence-corrected chi connectivity index (χ4v) is 2.36. The van der Waals surface area contributed by atoms with Crippen molar-refractivity contribution in [1.82, 2.24) is 14.9 Å². The second-order valence-corrected chi connectivity index (χ2v) is 4.38. The smallest absolute Gasteiger partial charge is 0.108 e. The Labute approximate surface area is 91.9 Å². The van der Waals surface area contributed by atoms with Crippen LogP contribution < -0.4 is 5.32 Å². The Bertz CT molecular complexity index is 287. The average Bonchev–Trinajstić information content (AvgIpc) is 2.75. The molecule has 0 amide bonds. The normalized spacial score (nSPS) is 21.8. The summed E-state index contributed by atoms with van der Waals surface area (Å²) in [4.78, 5) is 4.41. The molecule has 1 saturated heterocycles. The van der Waals surface area contributed by atoms with Gasteiger partial charge in [-0.1, -0.05) is 0 Å². The molecule has 3 heteroatoms. The summed E-state index contributed by atoms with van der Waals surface area (Å²) >= 11 is 0. The van der Waals surface area contributed by atoms with Crippen LogP contribution in [0.3, 0.4) is 0 Å². The average molecular weight is 207 g/mol. The van der Waals surface area contributed by atoms with E-state index in [2.05, 4.69) is 28.0 Å². The van der Waals surface area contributed by atoms with Crippen molar-refractivity contribution in [2.45, 2.75) is 39.2 Å². The number of hydrogen-bond donors (Lipinski definition) is 1. The summed E-state index contributed by atoms with van der Waals surface area (Å²) in [5.41, 5.74) is 0. The van der Waals surface area contributed by atoms with E-state index in [9.17, 15) is 0 Å². The van der Waals surface area contributed by atoms with E-state index in [-0.39, 0.29) is 0 Å². The molecule has 2 heterocycles. The van der Waals surface area contributed by atoms with Gasteiger partial charge in [0.05, 0.1) is 0 Å². The number of aromatic nitrogens is 2. The first kappa shape index (κ1) is 10.7. The number of nitrogens with one attached hydrogen (secondary N) is 1. The summed E-state index contributed by atoms with van der Waals surface area (Å²) < 4.78 is 2.25. The molecule has 1 aromatic heterocycles. The van der Waals surface area contributed by atoms with Gasteiger partial charge >= 0.3 is 0 Å². The van der Waals surface area contributed by atoms with E-state index in [4.69, 9.17) is 0 Å². The van der Waals surface area contributed by atoms with Crippen molar-refractivity contribution in [2.24, 2.45) is 5.92 Å². The summed E-state index contributed by atoms with van der Waals surface area (Å²) in [6.07, 6.45) is 9.14. The van der Waals surface area contributed by atoms with Gasteiger partial charge in [-0.2, -0.15) is 0 Å². The van der Waals surface area contributed by atoms with Gasteiger partial charge in [0.25, 0.3) is 0 Å². The van der Waals surface area contributed by atoms with Crippen LogP contribution in [0.25, 0.3) is 0 Å². The molecule has 84 valence electrons. The summed E-state index contributed by atoms with van der Waals surface area (Å²) in [7, 11) is 0. The zero-order valence-electron chi connectivity index (χ0n) is 9.58. The van der Waals surface area contributed by atoms with Crippen LogP contribution >= 0.6 is 0 Å². The van der Waals surface area contributed by atoms with Gasteiger partial charge in [0.2, 0.25) is 0 Å². The molecule has 1 fully saturated rings. The first-order valence-electron chi connectivity index (χ1n) is 6.11. The standard InChI is InChI=1S/C12H21N3/c1-2-15-9-8-14-12(15)6-5-11-4-3-7-13-10-11/h8-9,11,13H,2-7,10H2,1H3. The molecule has 1 aromatic rings. The van der Waals surface area contributed by atoms with E-state index in [0.29, 0.717) is 0 Å². The highest BCUT2D eigenvalue weighted by atomic mass is 15.0. The lowest BCUT2D eigenvalue weighted by molar-refractivity contribution is 0.354. The Morgan fingerprint density at radius 1 is 1.60 bits per heavy atom. The first-order valence-corrected chi connectivity index (χ1v) is 6.11. The summed E-state index contributed by atoms with van der Waals surface area (Å²) in [6.45, 7) is 5.62. The van der Waals surface area contributed by atoms with Gasteiger partial charge in [-0.3, -0.25) is 0 Å². The predicted octanol–water partition coefficient (Wildman–Crippen LogP) is 1.84. The fraction of sp³-hybridized carbons (Fsp3) is 0.750. The minimum absolute atomic E-state index is 0.862. The molecule has 15 heavy (non-hydrogen) atoms. The van der Waals surface area contributed by atoms with E-state index >= 15 is 0 Å². The van der Waals surface area contributed by atoms with E-state index in [1.165, 1.54) is 38.2 Å². The van der Waals surface area contributed by atoms with E-state index in [1.54, 1.807) is 0 Å². The van der Waals surface area contributed by atoms with Crippen LogP contribution in [0.5, 0.6) is 0 Å². The van der Waals surface area contributed by atoms with Gasteiger partial charge in [-0.15, -0.1) is 0 Å². The summed E-state index contributed by atoms with van der Waals surface area (Å²) in [5.74, 6) is 2.11. The first-order chi connectivity index (χ1) is 7.40. The van der Waals surface area contributed by atoms with Gasteiger partial charge in [-0.25, -0.2) is 4.98 Å². The van der Waals surface area contributed by atoms with Crippen molar-refractivity contribution < 1.29 is 0 Å². The zero-order chi connectivity index (χ0) is 10.5. The second-order valence-electron chi connectivity index (χ2n) is 4.38. The van der Waals surface area contributed by atoms with Crippen molar-refractivity contribution in [3.05, 3.63) is 18.2 Å². The van der Waals surface area contributed by atoms with Gasteiger partial charge in [0.1, 0.15) is 5.82 Å². The lowest BCUT2D eigenvalue weighted by Gasteiger charge is -2.22. The fourth-order valence-electron chi connectivity index (χ4n) is 2.36. The Morgan fingerprint density at radius 3 is 3.27 bits per heavy atom. The monoisotopic (exact) mass is 207 g/mol. The molecule has 0 radical (unpaired) electrons. The second kappa shape index (κ2) is 5.31. The number of hydrogen-bond acceptors (Lipinski definition) is 2. The molecule has 1 atom stereocenters. The third-order valence-electron chi connectivity index (χ3n) is 3.32. The molecule has 0 bridgehead atoms. The number of nitrogens with zero attached hydrogens (tertiary/aromatic N) is 2. The molecule has 3 nitrogen and oxygen atoms in total. The summed E-state index contributed by atoms with van der Waals surface area (Å²) in [5, 5.41) is 3.47. The van der Waals surface area contributed by atoms with Gasteiger partial charge in [-0.05, 0) is 45.2 Å². The van der Waals surface area contributed by atoms with Crippen LogP contribution in [0.4, 0.5) is 0 Å². The molecule has 1 aliphatic rings. The van der Waals surface area contributed by atoms with Crippen LogP contribution in [-0.4, -0.2) is 22.6 Å². The van der Waals surface area contributed by atoms with Crippen molar-refractivity contribution in [2.75, 3.05) is 13.1 Å². The maximum Gasteiger partial charge on any atom is 0.108 e. The molecule has 0 spiro atoms. The van der Waals surface area contributed by atoms with Crippen LogP contribution in [0, 0.1) is 5.92 Å². The number of rotatable bonds is 4. The third-order valence-corrected chi connectivity index (χ3v) is 3.32. The quantitative estimate of drug-likeness (QED) is 0.816. The number of aryl methyl sites for hydroxylation is 2. The molecule has 1 N–H and O–H groups in total. The lowest BCUT2D eigenvalue weighted by atomic mass is 9.94. The Kier molecular flexibility index (Phi) is 3.78. The third kappa shape index (κ3) is 2.81. The Morgan fingerprint density at radius 2 is 2.53 bits per heavy atom. The van der Waals surface area contributed by atoms with E-state index in [0.717, 1.165) is 18.9 Å². The minimum atomic E-state index is 0.862. The lowest BCUT2D eigenvalue weighted by Crippen LogP contribution is -2.30. The molecule has 0 aromatic carbocycles. The van der Waals surface area contributed by atoms with Gasteiger partial charge < -0.3 is 9.88 Å². The van der Waals surface area contributed by atoms with E-state index < -0.39 is 0 Å².